The largest absolute Gasteiger partial charge is 0.346 e. The summed E-state index contributed by atoms with van der Waals surface area (Å²) in [5.74, 6) is 0. The number of nitrogens with one attached hydrogen (secondary N) is 1. The highest BCUT2D eigenvalue weighted by molar-refractivity contribution is 7.15. The van der Waals surface area contributed by atoms with Gasteiger partial charge in [0.1, 0.15) is 0 Å². The van der Waals surface area contributed by atoms with Crippen molar-refractivity contribution in [3.05, 3.63) is 11.1 Å². The number of fused-ring (bicyclic) bond motifs is 1. The lowest BCUT2D eigenvalue weighted by Crippen LogP contribution is -2.36. The highest BCUT2D eigenvalue weighted by Gasteiger charge is 2.29. The molecule has 0 saturated carbocycles. The van der Waals surface area contributed by atoms with Crippen LogP contribution in [-0.2, 0) is 6.54 Å². The first kappa shape index (κ1) is 14.3. The third-order valence-corrected chi connectivity index (χ3v) is 5.36. The summed E-state index contributed by atoms with van der Waals surface area (Å²) in [6.07, 6.45) is 6.06. The molecule has 20 heavy (non-hydrogen) atoms. The first-order valence-electron chi connectivity index (χ1n) is 7.89. The maximum atomic E-state index is 4.66. The second kappa shape index (κ2) is 6.41. The molecule has 1 N–H and O–H groups in total. The van der Waals surface area contributed by atoms with Crippen molar-refractivity contribution in [2.24, 2.45) is 0 Å². The lowest BCUT2D eigenvalue weighted by molar-refractivity contribution is 0.273. The van der Waals surface area contributed by atoms with Gasteiger partial charge in [0.2, 0.25) is 0 Å². The van der Waals surface area contributed by atoms with Crippen molar-refractivity contribution in [3.63, 3.8) is 0 Å². The Labute approximate surface area is 126 Å². The Morgan fingerprint density at radius 1 is 1.35 bits per heavy atom. The highest BCUT2D eigenvalue weighted by atomic mass is 32.1. The molecular weight excluding hydrogens is 268 g/mol. The van der Waals surface area contributed by atoms with Gasteiger partial charge in [-0.3, -0.25) is 4.90 Å². The molecule has 2 aliphatic rings. The predicted octanol–water partition coefficient (Wildman–Crippen LogP) is 2.32. The third-order valence-electron chi connectivity index (χ3n) is 4.30. The van der Waals surface area contributed by atoms with E-state index in [2.05, 4.69) is 33.9 Å². The Balaban J connectivity index is 1.63. The molecule has 4 nitrogen and oxygen atoms in total. The van der Waals surface area contributed by atoms with Crippen LogP contribution in [-0.4, -0.2) is 48.1 Å². The molecule has 5 heteroatoms. The van der Waals surface area contributed by atoms with Crippen molar-refractivity contribution in [1.82, 2.24) is 15.2 Å². The van der Waals surface area contributed by atoms with E-state index in [1.54, 1.807) is 0 Å². The number of nitrogens with zero attached hydrogens (tertiary/aromatic N) is 3. The van der Waals surface area contributed by atoms with Crippen molar-refractivity contribution in [1.29, 1.82) is 0 Å². The van der Waals surface area contributed by atoms with E-state index >= 15 is 0 Å². The summed E-state index contributed by atoms with van der Waals surface area (Å²) in [4.78, 5) is 11.2. The third kappa shape index (κ3) is 3.32. The van der Waals surface area contributed by atoms with E-state index in [0.29, 0.717) is 6.04 Å². The van der Waals surface area contributed by atoms with E-state index in [4.69, 9.17) is 0 Å². The average molecular weight is 294 g/mol. The number of aromatic nitrogens is 1. The van der Waals surface area contributed by atoms with Crippen molar-refractivity contribution in [2.45, 2.75) is 51.7 Å². The Morgan fingerprint density at radius 3 is 3.05 bits per heavy atom. The first-order chi connectivity index (χ1) is 9.72. The van der Waals surface area contributed by atoms with Gasteiger partial charge in [-0.25, -0.2) is 4.98 Å². The van der Waals surface area contributed by atoms with Crippen LogP contribution in [0.25, 0.3) is 0 Å². The van der Waals surface area contributed by atoms with Crippen molar-refractivity contribution in [2.75, 3.05) is 31.1 Å². The number of thiazole rings is 1. The van der Waals surface area contributed by atoms with E-state index in [0.717, 1.165) is 19.1 Å². The van der Waals surface area contributed by atoms with E-state index in [-0.39, 0.29) is 0 Å². The summed E-state index contributed by atoms with van der Waals surface area (Å²) in [5, 5.41) is 4.69. The zero-order valence-electron chi connectivity index (χ0n) is 12.6. The summed E-state index contributed by atoms with van der Waals surface area (Å²) in [7, 11) is 0. The minimum Gasteiger partial charge on any atom is -0.346 e. The number of hydrogen-bond acceptors (Lipinski definition) is 5. The van der Waals surface area contributed by atoms with Crippen LogP contribution < -0.4 is 10.2 Å². The maximum absolute atomic E-state index is 4.66. The molecule has 0 radical (unpaired) electrons. The van der Waals surface area contributed by atoms with Crippen LogP contribution in [0.5, 0.6) is 0 Å². The van der Waals surface area contributed by atoms with Crippen LogP contribution in [0.15, 0.2) is 6.20 Å². The molecule has 1 aromatic rings. The fraction of sp³-hybridized carbons (Fsp3) is 0.800. The van der Waals surface area contributed by atoms with Crippen molar-refractivity contribution >= 4 is 16.5 Å². The second-order valence-corrected chi connectivity index (χ2v) is 7.37. The topological polar surface area (TPSA) is 31.4 Å². The lowest BCUT2D eigenvalue weighted by atomic mass is 10.2. The van der Waals surface area contributed by atoms with Crippen LogP contribution in [0, 0.1) is 0 Å². The summed E-state index contributed by atoms with van der Waals surface area (Å²) in [5.41, 5.74) is 0. The first-order valence-corrected chi connectivity index (χ1v) is 8.71. The van der Waals surface area contributed by atoms with E-state index < -0.39 is 0 Å². The molecule has 2 saturated heterocycles. The minimum atomic E-state index is 0.533. The van der Waals surface area contributed by atoms with Gasteiger partial charge in [0.05, 0.1) is 0 Å². The van der Waals surface area contributed by atoms with Gasteiger partial charge in [0.25, 0.3) is 0 Å². The van der Waals surface area contributed by atoms with Crippen molar-refractivity contribution < 1.29 is 0 Å². The van der Waals surface area contributed by atoms with Gasteiger partial charge >= 0.3 is 0 Å². The SMILES string of the molecule is CC(C)NCc1cnc(N2CCCN3CCCC3C2)s1. The molecule has 2 aliphatic heterocycles. The summed E-state index contributed by atoms with van der Waals surface area (Å²) >= 11 is 1.86. The van der Waals surface area contributed by atoms with Gasteiger partial charge in [-0.05, 0) is 25.8 Å². The van der Waals surface area contributed by atoms with E-state index in [1.165, 1.54) is 48.9 Å². The molecule has 0 aromatic carbocycles. The quantitative estimate of drug-likeness (QED) is 0.923. The van der Waals surface area contributed by atoms with Crippen LogP contribution in [0.4, 0.5) is 5.13 Å². The maximum Gasteiger partial charge on any atom is 0.185 e. The summed E-state index contributed by atoms with van der Waals surface area (Å²) in [6, 6.07) is 1.30. The zero-order valence-corrected chi connectivity index (χ0v) is 13.5. The number of anilines is 1. The molecule has 0 spiro atoms. The van der Waals surface area contributed by atoms with E-state index in [9.17, 15) is 0 Å². The predicted molar refractivity (Wildman–Crippen MR) is 85.5 cm³/mol. The van der Waals surface area contributed by atoms with Gasteiger partial charge in [-0.2, -0.15) is 0 Å². The molecular formula is C15H26N4S. The lowest BCUT2D eigenvalue weighted by Gasteiger charge is -2.25. The monoisotopic (exact) mass is 294 g/mol. The molecule has 0 bridgehead atoms. The second-order valence-electron chi connectivity index (χ2n) is 6.28. The highest BCUT2D eigenvalue weighted by Crippen LogP contribution is 2.28. The summed E-state index contributed by atoms with van der Waals surface area (Å²) < 4.78 is 0. The normalized spacial score (nSPS) is 24.1. The Morgan fingerprint density at radius 2 is 2.20 bits per heavy atom. The van der Waals surface area contributed by atoms with Crippen LogP contribution >= 0.6 is 11.3 Å². The number of hydrogen-bond donors (Lipinski definition) is 1. The smallest absolute Gasteiger partial charge is 0.185 e. The molecule has 1 aromatic heterocycles. The van der Waals surface area contributed by atoms with Crippen LogP contribution in [0.3, 0.4) is 0 Å². The standard InChI is InChI=1S/C15H26N4S/c1-12(2)16-9-14-10-17-15(20-14)19-8-4-7-18-6-3-5-13(18)11-19/h10,12-13,16H,3-9,11H2,1-2H3. The summed E-state index contributed by atoms with van der Waals surface area (Å²) in [6.45, 7) is 10.2. The Bertz CT molecular complexity index is 431. The van der Waals surface area contributed by atoms with Crippen molar-refractivity contribution in [3.8, 4) is 0 Å². The fourth-order valence-corrected chi connectivity index (χ4v) is 4.11. The van der Waals surface area contributed by atoms with Gasteiger partial charge < -0.3 is 10.2 Å². The van der Waals surface area contributed by atoms with Crippen LogP contribution in [0.2, 0.25) is 0 Å². The van der Waals surface area contributed by atoms with Gasteiger partial charge in [0.15, 0.2) is 5.13 Å². The molecule has 112 valence electrons. The molecule has 1 unspecified atom stereocenters. The fourth-order valence-electron chi connectivity index (χ4n) is 3.21. The number of rotatable bonds is 4. The minimum absolute atomic E-state index is 0.533. The van der Waals surface area contributed by atoms with Gasteiger partial charge in [-0.1, -0.05) is 13.8 Å². The Hall–Kier alpha value is -0.650. The zero-order chi connectivity index (χ0) is 13.9. The Kier molecular flexibility index (Phi) is 4.58. The molecule has 3 rings (SSSR count). The van der Waals surface area contributed by atoms with Crippen LogP contribution in [0.1, 0.15) is 38.0 Å². The molecule has 0 amide bonds. The van der Waals surface area contributed by atoms with Gasteiger partial charge in [0, 0.05) is 49.3 Å². The van der Waals surface area contributed by atoms with Gasteiger partial charge in [-0.15, -0.1) is 11.3 Å². The molecule has 1 atom stereocenters. The molecule has 0 aliphatic carbocycles. The molecule has 3 heterocycles. The van der Waals surface area contributed by atoms with E-state index in [1.807, 2.05) is 17.5 Å². The average Bonchev–Trinajstić information content (AvgIpc) is 3.02. The molecule has 2 fully saturated rings.